The van der Waals surface area contributed by atoms with Gasteiger partial charge in [0.25, 0.3) is 0 Å². The quantitative estimate of drug-likeness (QED) is 0.766. The third kappa shape index (κ3) is 4.76. The van der Waals surface area contributed by atoms with Gasteiger partial charge in [-0.15, -0.1) is 0 Å². The minimum Gasteiger partial charge on any atom is -0.465 e. The highest BCUT2D eigenvalue weighted by atomic mass is 19.4. The molecule has 0 saturated heterocycles. The summed E-state index contributed by atoms with van der Waals surface area (Å²) in [6.45, 7) is 0.246. The summed E-state index contributed by atoms with van der Waals surface area (Å²) in [6.07, 6.45) is -0.572. The average molecular weight is 247 g/mol. The van der Waals surface area contributed by atoms with E-state index < -0.39 is 18.6 Å². The molecule has 0 unspecified atom stereocenters. The van der Waals surface area contributed by atoms with Gasteiger partial charge in [-0.05, 0) is 25.1 Å². The van der Waals surface area contributed by atoms with Crippen molar-refractivity contribution < 1.29 is 22.4 Å². The summed E-state index contributed by atoms with van der Waals surface area (Å²) in [5, 5.41) is 0. The Bertz CT molecular complexity index is 382. The van der Waals surface area contributed by atoms with Crippen molar-refractivity contribution >= 4 is 12.0 Å². The number of rotatable bonds is 4. The van der Waals surface area contributed by atoms with Crippen LogP contribution < -0.4 is 0 Å². The summed E-state index contributed by atoms with van der Waals surface area (Å²) in [5.74, 6) is -0.275. The predicted molar refractivity (Wildman–Crippen MR) is 56.1 cm³/mol. The smallest absolute Gasteiger partial charge is 0.406 e. The van der Waals surface area contributed by atoms with Crippen LogP contribution in [0.2, 0.25) is 0 Å². The van der Waals surface area contributed by atoms with Crippen LogP contribution in [-0.4, -0.2) is 30.1 Å². The first-order chi connectivity index (χ1) is 7.92. The molecule has 94 valence electrons. The Morgan fingerprint density at radius 2 is 2.24 bits per heavy atom. The third-order valence-electron chi connectivity index (χ3n) is 2.00. The molecule has 1 aromatic rings. The lowest BCUT2D eigenvalue weighted by atomic mass is 10.3. The zero-order valence-electron chi connectivity index (χ0n) is 9.20. The van der Waals surface area contributed by atoms with Gasteiger partial charge in [0.15, 0.2) is 0 Å². The molecular formula is C11H12F3NO2. The van der Waals surface area contributed by atoms with Crippen LogP contribution in [0.25, 0.3) is 6.08 Å². The first kappa shape index (κ1) is 13.3. The van der Waals surface area contributed by atoms with E-state index in [4.69, 9.17) is 4.42 Å². The third-order valence-corrected chi connectivity index (χ3v) is 2.00. The second-order valence-electron chi connectivity index (χ2n) is 3.32. The lowest BCUT2D eigenvalue weighted by Crippen LogP contribution is -2.37. The number of halogens is 3. The largest absolute Gasteiger partial charge is 0.465 e. The van der Waals surface area contributed by atoms with Gasteiger partial charge in [-0.2, -0.15) is 13.2 Å². The molecule has 0 spiro atoms. The Labute approximate surface area is 96.5 Å². The standard InChI is InChI=1S/C11H12F3NO2/c1-2-15(8-11(12,13)14)10(16)6-5-9-4-3-7-17-9/h3-7H,2,8H2,1H3/b6-5+. The van der Waals surface area contributed by atoms with Crippen LogP contribution in [0, 0.1) is 0 Å². The van der Waals surface area contributed by atoms with Crippen LogP contribution in [0.4, 0.5) is 13.2 Å². The maximum Gasteiger partial charge on any atom is 0.406 e. The SMILES string of the molecule is CCN(CC(F)(F)F)C(=O)/C=C/c1ccco1. The predicted octanol–water partition coefficient (Wildman–Crippen LogP) is 2.70. The fraction of sp³-hybridized carbons (Fsp3) is 0.364. The van der Waals surface area contributed by atoms with E-state index in [1.807, 2.05) is 0 Å². The van der Waals surface area contributed by atoms with Crippen molar-refractivity contribution in [3.63, 3.8) is 0 Å². The first-order valence-electron chi connectivity index (χ1n) is 4.99. The van der Waals surface area contributed by atoms with E-state index in [1.54, 1.807) is 12.1 Å². The number of likely N-dealkylation sites (N-methyl/N-ethyl adjacent to an activating group) is 1. The molecule has 0 aromatic carbocycles. The van der Waals surface area contributed by atoms with Crippen molar-refractivity contribution in [2.45, 2.75) is 13.1 Å². The number of carbonyl (C=O) groups is 1. The molecule has 0 radical (unpaired) electrons. The zero-order valence-corrected chi connectivity index (χ0v) is 9.20. The Hall–Kier alpha value is -1.72. The number of nitrogens with zero attached hydrogens (tertiary/aromatic N) is 1. The summed E-state index contributed by atoms with van der Waals surface area (Å²) in [7, 11) is 0. The second-order valence-corrected chi connectivity index (χ2v) is 3.32. The van der Waals surface area contributed by atoms with E-state index in [2.05, 4.69) is 0 Å². The van der Waals surface area contributed by atoms with Crippen molar-refractivity contribution in [3.8, 4) is 0 Å². The highest BCUT2D eigenvalue weighted by Crippen LogP contribution is 2.16. The summed E-state index contributed by atoms with van der Waals surface area (Å²) in [4.78, 5) is 12.2. The molecule has 6 heteroatoms. The number of alkyl halides is 3. The molecule has 1 heterocycles. The van der Waals surface area contributed by atoms with E-state index in [1.165, 1.54) is 19.3 Å². The highest BCUT2D eigenvalue weighted by molar-refractivity contribution is 5.91. The number of furan rings is 1. The molecule has 1 aromatic heterocycles. The number of carbonyl (C=O) groups excluding carboxylic acids is 1. The van der Waals surface area contributed by atoms with E-state index in [-0.39, 0.29) is 6.54 Å². The summed E-state index contributed by atoms with van der Waals surface area (Å²) in [6, 6.07) is 3.22. The van der Waals surface area contributed by atoms with Gasteiger partial charge in [0.2, 0.25) is 5.91 Å². The molecule has 3 nitrogen and oxygen atoms in total. The maximum atomic E-state index is 12.1. The highest BCUT2D eigenvalue weighted by Gasteiger charge is 2.31. The first-order valence-corrected chi connectivity index (χ1v) is 4.99. The Balaban J connectivity index is 2.61. The van der Waals surface area contributed by atoms with Gasteiger partial charge in [-0.3, -0.25) is 4.79 Å². The van der Waals surface area contributed by atoms with Gasteiger partial charge >= 0.3 is 6.18 Å². The van der Waals surface area contributed by atoms with E-state index in [0.29, 0.717) is 10.7 Å². The van der Waals surface area contributed by atoms with Crippen LogP contribution >= 0.6 is 0 Å². The van der Waals surface area contributed by atoms with Crippen molar-refractivity contribution in [2.24, 2.45) is 0 Å². The van der Waals surface area contributed by atoms with Gasteiger partial charge in [-0.25, -0.2) is 0 Å². The van der Waals surface area contributed by atoms with Crippen molar-refractivity contribution in [1.29, 1.82) is 0 Å². The number of amides is 1. The molecule has 0 atom stereocenters. The Kier molecular flexibility index (Phi) is 4.37. The molecule has 1 amide bonds. The molecule has 1 rings (SSSR count). The maximum absolute atomic E-state index is 12.1. The molecular weight excluding hydrogens is 235 g/mol. The molecule has 0 fully saturated rings. The molecule has 0 N–H and O–H groups in total. The fourth-order valence-electron chi connectivity index (χ4n) is 1.21. The van der Waals surface area contributed by atoms with Crippen molar-refractivity contribution in [2.75, 3.05) is 13.1 Å². The molecule has 0 aliphatic carbocycles. The van der Waals surface area contributed by atoms with Crippen LogP contribution in [0.15, 0.2) is 28.9 Å². The average Bonchev–Trinajstić information content (AvgIpc) is 2.74. The van der Waals surface area contributed by atoms with Gasteiger partial charge in [0, 0.05) is 12.6 Å². The van der Waals surface area contributed by atoms with Gasteiger partial charge < -0.3 is 9.32 Å². The minimum atomic E-state index is -4.38. The van der Waals surface area contributed by atoms with Crippen molar-refractivity contribution in [3.05, 3.63) is 30.2 Å². The lowest BCUT2D eigenvalue weighted by Gasteiger charge is -2.20. The number of hydrogen-bond acceptors (Lipinski definition) is 2. The summed E-state index contributed by atoms with van der Waals surface area (Å²) < 4.78 is 41.3. The van der Waals surface area contributed by atoms with E-state index >= 15 is 0 Å². The Morgan fingerprint density at radius 1 is 1.53 bits per heavy atom. The summed E-state index contributed by atoms with van der Waals surface area (Å²) in [5.41, 5.74) is 0. The molecule has 0 aliphatic heterocycles. The zero-order chi connectivity index (χ0) is 12.9. The normalized spacial score (nSPS) is 12.0. The van der Waals surface area contributed by atoms with Crippen LogP contribution in [0.5, 0.6) is 0 Å². The topological polar surface area (TPSA) is 33.5 Å². The molecule has 17 heavy (non-hydrogen) atoms. The molecule has 0 saturated carbocycles. The van der Waals surface area contributed by atoms with Gasteiger partial charge in [0.05, 0.1) is 6.26 Å². The fourth-order valence-corrected chi connectivity index (χ4v) is 1.21. The summed E-state index contributed by atoms with van der Waals surface area (Å²) >= 11 is 0. The molecule has 0 bridgehead atoms. The second kappa shape index (κ2) is 5.56. The van der Waals surface area contributed by atoms with Gasteiger partial charge in [-0.1, -0.05) is 0 Å². The van der Waals surface area contributed by atoms with Crippen LogP contribution in [0.3, 0.4) is 0 Å². The number of hydrogen-bond donors (Lipinski definition) is 0. The van der Waals surface area contributed by atoms with Crippen molar-refractivity contribution in [1.82, 2.24) is 4.90 Å². The monoisotopic (exact) mass is 247 g/mol. The lowest BCUT2D eigenvalue weighted by molar-refractivity contribution is -0.157. The minimum absolute atomic E-state index is 0.000831. The van der Waals surface area contributed by atoms with E-state index in [9.17, 15) is 18.0 Å². The van der Waals surface area contributed by atoms with Crippen LogP contribution in [-0.2, 0) is 4.79 Å². The molecule has 0 aliphatic rings. The Morgan fingerprint density at radius 3 is 2.71 bits per heavy atom. The van der Waals surface area contributed by atoms with Gasteiger partial charge in [0.1, 0.15) is 12.3 Å². The van der Waals surface area contributed by atoms with E-state index in [0.717, 1.165) is 6.08 Å². The van der Waals surface area contributed by atoms with Crippen LogP contribution in [0.1, 0.15) is 12.7 Å².